The van der Waals surface area contributed by atoms with E-state index in [1.54, 1.807) is 24.9 Å². The first-order valence-electron chi connectivity index (χ1n) is 5.76. The van der Waals surface area contributed by atoms with Gasteiger partial charge < -0.3 is 10.5 Å². The van der Waals surface area contributed by atoms with Gasteiger partial charge in [0.2, 0.25) is 0 Å². The Morgan fingerprint density at radius 3 is 2.95 bits per heavy atom. The van der Waals surface area contributed by atoms with Crippen LogP contribution in [0.15, 0.2) is 18.2 Å². The Balaban J connectivity index is 2.21. The van der Waals surface area contributed by atoms with Crippen LogP contribution in [0.4, 0.5) is 5.82 Å². The highest BCUT2D eigenvalue weighted by Gasteiger charge is 2.21. The summed E-state index contributed by atoms with van der Waals surface area (Å²) in [6.45, 7) is 0. The van der Waals surface area contributed by atoms with Crippen molar-refractivity contribution in [3.8, 4) is 17.1 Å². The van der Waals surface area contributed by atoms with E-state index in [1.165, 1.54) is 0 Å². The number of nitrogen functional groups attached to an aromatic ring is 1. The van der Waals surface area contributed by atoms with Crippen LogP contribution >= 0.6 is 23.4 Å². The number of nitrogens with two attached hydrogens (primary N) is 1. The zero-order valence-electron chi connectivity index (χ0n) is 10.3. The predicted molar refractivity (Wildman–Crippen MR) is 78.4 cm³/mol. The number of nitrogens with zero attached hydrogens (tertiary/aromatic N) is 2. The SMILES string of the molecule is COc1cccc(Cl)c1-c1nc(N)c2c(n1)CSC2. The van der Waals surface area contributed by atoms with Gasteiger partial charge in [-0.1, -0.05) is 17.7 Å². The maximum atomic E-state index is 6.24. The molecule has 0 bridgehead atoms. The van der Waals surface area contributed by atoms with Crippen molar-refractivity contribution >= 4 is 29.2 Å². The van der Waals surface area contributed by atoms with E-state index in [9.17, 15) is 0 Å². The van der Waals surface area contributed by atoms with Gasteiger partial charge in [-0.25, -0.2) is 9.97 Å². The standard InChI is InChI=1S/C13H12ClN3OS/c1-18-10-4-2-3-8(14)11(10)13-16-9-6-19-5-7(9)12(15)17-13/h2-4H,5-6H2,1H3,(H2,15,16,17). The molecule has 0 saturated heterocycles. The lowest BCUT2D eigenvalue weighted by atomic mass is 10.1. The second-order valence-electron chi connectivity index (χ2n) is 4.17. The average Bonchev–Trinajstić information content (AvgIpc) is 2.87. The summed E-state index contributed by atoms with van der Waals surface area (Å²) in [7, 11) is 1.60. The lowest BCUT2D eigenvalue weighted by Gasteiger charge is -2.11. The Labute approximate surface area is 120 Å². The Kier molecular flexibility index (Phi) is 3.24. The number of ether oxygens (including phenoxy) is 1. The van der Waals surface area contributed by atoms with E-state index in [1.807, 2.05) is 12.1 Å². The first-order chi connectivity index (χ1) is 9.20. The Hall–Kier alpha value is -1.46. The molecule has 1 aromatic heterocycles. The van der Waals surface area contributed by atoms with Gasteiger partial charge in [0.05, 0.1) is 23.4 Å². The van der Waals surface area contributed by atoms with Crippen LogP contribution in [0.3, 0.4) is 0 Å². The molecule has 6 heteroatoms. The van der Waals surface area contributed by atoms with E-state index in [0.29, 0.717) is 28.0 Å². The van der Waals surface area contributed by atoms with Crippen LogP contribution in [0.25, 0.3) is 11.4 Å². The molecule has 4 nitrogen and oxygen atoms in total. The summed E-state index contributed by atoms with van der Waals surface area (Å²) in [6, 6.07) is 5.46. The van der Waals surface area contributed by atoms with Gasteiger partial charge in [-0.3, -0.25) is 0 Å². The van der Waals surface area contributed by atoms with Crippen molar-refractivity contribution in [2.75, 3.05) is 12.8 Å². The molecule has 1 aromatic carbocycles. The second kappa shape index (κ2) is 4.90. The molecular formula is C13H12ClN3OS. The summed E-state index contributed by atoms with van der Waals surface area (Å²) in [4.78, 5) is 8.95. The van der Waals surface area contributed by atoms with E-state index in [0.717, 1.165) is 22.8 Å². The number of benzene rings is 1. The fraction of sp³-hybridized carbons (Fsp3) is 0.231. The molecule has 0 unspecified atom stereocenters. The molecule has 1 aliphatic rings. The maximum absolute atomic E-state index is 6.24. The number of fused-ring (bicyclic) bond motifs is 1. The van der Waals surface area contributed by atoms with Crippen LogP contribution in [0.1, 0.15) is 11.3 Å². The Morgan fingerprint density at radius 2 is 2.16 bits per heavy atom. The summed E-state index contributed by atoms with van der Waals surface area (Å²) in [6.07, 6.45) is 0. The zero-order chi connectivity index (χ0) is 13.4. The normalized spacial score (nSPS) is 13.4. The summed E-state index contributed by atoms with van der Waals surface area (Å²) >= 11 is 8.03. The highest BCUT2D eigenvalue weighted by Crippen LogP contribution is 2.38. The summed E-state index contributed by atoms with van der Waals surface area (Å²) in [5, 5.41) is 0.560. The van der Waals surface area contributed by atoms with Gasteiger partial charge in [0.15, 0.2) is 5.82 Å². The van der Waals surface area contributed by atoms with E-state index < -0.39 is 0 Å². The van der Waals surface area contributed by atoms with Crippen LogP contribution in [-0.4, -0.2) is 17.1 Å². The fourth-order valence-electron chi connectivity index (χ4n) is 2.08. The molecule has 0 spiro atoms. The molecule has 19 heavy (non-hydrogen) atoms. The quantitative estimate of drug-likeness (QED) is 0.922. The second-order valence-corrected chi connectivity index (χ2v) is 5.56. The van der Waals surface area contributed by atoms with E-state index in [2.05, 4.69) is 9.97 Å². The van der Waals surface area contributed by atoms with Gasteiger partial charge in [0.25, 0.3) is 0 Å². The third-order valence-electron chi connectivity index (χ3n) is 3.03. The highest BCUT2D eigenvalue weighted by molar-refractivity contribution is 7.98. The number of hydrogen-bond acceptors (Lipinski definition) is 5. The van der Waals surface area contributed by atoms with Crippen molar-refractivity contribution in [2.45, 2.75) is 11.5 Å². The number of methoxy groups -OCH3 is 1. The summed E-state index contributed by atoms with van der Waals surface area (Å²) in [5.74, 6) is 3.45. The monoisotopic (exact) mass is 293 g/mol. The fourth-order valence-corrected chi connectivity index (χ4v) is 3.38. The van der Waals surface area contributed by atoms with Gasteiger partial charge in [0, 0.05) is 17.1 Å². The third kappa shape index (κ3) is 2.13. The van der Waals surface area contributed by atoms with Gasteiger partial charge in [0.1, 0.15) is 11.6 Å². The molecule has 2 N–H and O–H groups in total. The number of thioether (sulfide) groups is 1. The third-order valence-corrected chi connectivity index (χ3v) is 4.31. The number of aromatic nitrogens is 2. The number of halogens is 1. The number of anilines is 1. The molecular weight excluding hydrogens is 282 g/mol. The summed E-state index contributed by atoms with van der Waals surface area (Å²) < 4.78 is 5.33. The average molecular weight is 294 g/mol. The van der Waals surface area contributed by atoms with E-state index in [-0.39, 0.29) is 0 Å². The minimum absolute atomic E-state index is 0.529. The van der Waals surface area contributed by atoms with Crippen molar-refractivity contribution in [2.24, 2.45) is 0 Å². The molecule has 2 heterocycles. The highest BCUT2D eigenvalue weighted by atomic mass is 35.5. The molecule has 0 fully saturated rings. The lowest BCUT2D eigenvalue weighted by Crippen LogP contribution is -2.03. The van der Waals surface area contributed by atoms with Gasteiger partial charge in [-0.15, -0.1) is 0 Å². The van der Waals surface area contributed by atoms with Crippen molar-refractivity contribution in [3.63, 3.8) is 0 Å². The van der Waals surface area contributed by atoms with Crippen LogP contribution in [-0.2, 0) is 11.5 Å². The first kappa shape index (κ1) is 12.6. The van der Waals surface area contributed by atoms with Gasteiger partial charge >= 0.3 is 0 Å². The molecule has 0 aliphatic carbocycles. The molecule has 98 valence electrons. The molecule has 0 saturated carbocycles. The van der Waals surface area contributed by atoms with Crippen molar-refractivity contribution in [1.29, 1.82) is 0 Å². The molecule has 2 aromatic rings. The number of hydrogen-bond donors (Lipinski definition) is 1. The van der Waals surface area contributed by atoms with Crippen LogP contribution in [0.5, 0.6) is 5.75 Å². The summed E-state index contributed by atoms with van der Waals surface area (Å²) in [5.41, 5.74) is 8.73. The van der Waals surface area contributed by atoms with Crippen LogP contribution in [0.2, 0.25) is 5.02 Å². The van der Waals surface area contributed by atoms with E-state index >= 15 is 0 Å². The van der Waals surface area contributed by atoms with Crippen molar-refractivity contribution < 1.29 is 4.74 Å². The Bertz CT molecular complexity index is 648. The van der Waals surface area contributed by atoms with E-state index in [4.69, 9.17) is 22.1 Å². The first-order valence-corrected chi connectivity index (χ1v) is 7.30. The molecule has 0 amide bonds. The predicted octanol–water partition coefficient (Wildman–Crippen LogP) is 3.13. The molecule has 0 radical (unpaired) electrons. The largest absolute Gasteiger partial charge is 0.496 e. The minimum Gasteiger partial charge on any atom is -0.496 e. The zero-order valence-corrected chi connectivity index (χ0v) is 11.9. The van der Waals surface area contributed by atoms with Crippen molar-refractivity contribution in [1.82, 2.24) is 9.97 Å². The van der Waals surface area contributed by atoms with Gasteiger partial charge in [-0.05, 0) is 12.1 Å². The van der Waals surface area contributed by atoms with Crippen LogP contribution in [0, 0.1) is 0 Å². The number of rotatable bonds is 2. The maximum Gasteiger partial charge on any atom is 0.167 e. The van der Waals surface area contributed by atoms with Gasteiger partial charge in [-0.2, -0.15) is 11.8 Å². The van der Waals surface area contributed by atoms with Crippen molar-refractivity contribution in [3.05, 3.63) is 34.5 Å². The smallest absolute Gasteiger partial charge is 0.167 e. The molecule has 1 aliphatic heterocycles. The van der Waals surface area contributed by atoms with Crippen LogP contribution < -0.4 is 10.5 Å². The molecule has 3 rings (SSSR count). The lowest BCUT2D eigenvalue weighted by molar-refractivity contribution is 0.416. The Morgan fingerprint density at radius 1 is 1.32 bits per heavy atom. The topological polar surface area (TPSA) is 61.0 Å². The minimum atomic E-state index is 0.529. The molecule has 0 atom stereocenters.